The second kappa shape index (κ2) is 5.57. The number of anilines is 1. The molecule has 6 heteroatoms. The number of nitrogens with one attached hydrogen (secondary N) is 2. The van der Waals surface area contributed by atoms with Crippen LogP contribution in [-0.2, 0) is 9.59 Å². The van der Waals surface area contributed by atoms with Gasteiger partial charge in [-0.3, -0.25) is 20.2 Å². The number of rotatable bonds is 2. The topological polar surface area (TPSA) is 78.5 Å². The summed E-state index contributed by atoms with van der Waals surface area (Å²) in [6.07, 6.45) is 1.50. The normalized spacial score (nSPS) is 14.5. The van der Waals surface area contributed by atoms with Gasteiger partial charge in [-0.1, -0.05) is 30.3 Å². The quantitative estimate of drug-likeness (QED) is 0.653. The summed E-state index contributed by atoms with van der Waals surface area (Å²) in [6.45, 7) is 0. The molecule has 2 aromatic rings. The Morgan fingerprint density at radius 2 is 1.48 bits per heavy atom. The Hall–Kier alpha value is -3.15. The second-order valence-electron chi connectivity index (χ2n) is 5.41. The maximum absolute atomic E-state index is 11.9. The van der Waals surface area contributed by atoms with E-state index in [9.17, 15) is 14.4 Å². The van der Waals surface area contributed by atoms with Crippen molar-refractivity contribution < 1.29 is 14.4 Å². The Morgan fingerprint density at radius 3 is 2.09 bits per heavy atom. The number of urea groups is 1. The van der Waals surface area contributed by atoms with Gasteiger partial charge in [0.1, 0.15) is 5.57 Å². The zero-order valence-electron chi connectivity index (χ0n) is 12.7. The van der Waals surface area contributed by atoms with Gasteiger partial charge in [-0.15, -0.1) is 0 Å². The summed E-state index contributed by atoms with van der Waals surface area (Å²) in [4.78, 5) is 36.8. The second-order valence-corrected chi connectivity index (χ2v) is 5.41. The summed E-state index contributed by atoms with van der Waals surface area (Å²) >= 11 is 0. The molecule has 6 nitrogen and oxygen atoms in total. The van der Waals surface area contributed by atoms with Crippen LogP contribution in [0.2, 0.25) is 0 Å². The van der Waals surface area contributed by atoms with Crippen molar-refractivity contribution in [3.05, 3.63) is 47.5 Å². The highest BCUT2D eigenvalue weighted by atomic mass is 16.2. The van der Waals surface area contributed by atoms with Crippen molar-refractivity contribution >= 4 is 40.4 Å². The van der Waals surface area contributed by atoms with Crippen LogP contribution >= 0.6 is 0 Å². The molecule has 1 aliphatic heterocycles. The van der Waals surface area contributed by atoms with Crippen LogP contribution in [0.3, 0.4) is 0 Å². The van der Waals surface area contributed by atoms with Crippen molar-refractivity contribution in [2.24, 2.45) is 0 Å². The van der Waals surface area contributed by atoms with Gasteiger partial charge in [-0.2, -0.15) is 0 Å². The van der Waals surface area contributed by atoms with Crippen LogP contribution in [0, 0.1) is 0 Å². The van der Waals surface area contributed by atoms with E-state index in [4.69, 9.17) is 0 Å². The molecule has 23 heavy (non-hydrogen) atoms. The van der Waals surface area contributed by atoms with Crippen molar-refractivity contribution in [3.63, 3.8) is 0 Å². The molecule has 0 saturated carbocycles. The number of imide groups is 2. The van der Waals surface area contributed by atoms with Gasteiger partial charge >= 0.3 is 6.03 Å². The van der Waals surface area contributed by atoms with Crippen molar-refractivity contribution in [2.75, 3.05) is 19.0 Å². The van der Waals surface area contributed by atoms with Gasteiger partial charge in [-0.25, -0.2) is 4.79 Å². The highest BCUT2D eigenvalue weighted by molar-refractivity contribution is 6.31. The Bertz CT molecular complexity index is 847. The number of hydrogen-bond donors (Lipinski definition) is 2. The third-order valence-corrected chi connectivity index (χ3v) is 3.66. The first kappa shape index (κ1) is 14.8. The van der Waals surface area contributed by atoms with Crippen molar-refractivity contribution in [1.29, 1.82) is 0 Å². The van der Waals surface area contributed by atoms with Crippen molar-refractivity contribution in [2.45, 2.75) is 0 Å². The van der Waals surface area contributed by atoms with Crippen LogP contribution in [-0.4, -0.2) is 31.9 Å². The number of hydrogen-bond acceptors (Lipinski definition) is 4. The van der Waals surface area contributed by atoms with E-state index in [2.05, 4.69) is 10.6 Å². The zero-order valence-corrected chi connectivity index (χ0v) is 12.7. The molecule has 2 aromatic carbocycles. The van der Waals surface area contributed by atoms with Gasteiger partial charge in [0.25, 0.3) is 11.8 Å². The minimum atomic E-state index is -0.801. The monoisotopic (exact) mass is 309 g/mol. The highest BCUT2D eigenvalue weighted by Crippen LogP contribution is 2.29. The molecule has 0 atom stereocenters. The molecule has 1 saturated heterocycles. The maximum Gasteiger partial charge on any atom is 0.328 e. The van der Waals surface area contributed by atoms with E-state index in [0.717, 1.165) is 22.0 Å². The fourth-order valence-electron chi connectivity index (χ4n) is 2.58. The fourth-order valence-corrected chi connectivity index (χ4v) is 2.58. The summed E-state index contributed by atoms with van der Waals surface area (Å²) < 4.78 is 0. The predicted octanol–water partition coefficient (Wildman–Crippen LogP) is 1.66. The number of carbonyl (C=O) groups is 3. The fraction of sp³-hybridized carbons (Fsp3) is 0.118. The first-order chi connectivity index (χ1) is 11.0. The minimum absolute atomic E-state index is 0.0904. The van der Waals surface area contributed by atoms with Crippen LogP contribution in [0.25, 0.3) is 16.8 Å². The molecule has 0 spiro atoms. The number of amides is 4. The molecule has 0 unspecified atom stereocenters. The smallest absolute Gasteiger partial charge is 0.328 e. The summed E-state index contributed by atoms with van der Waals surface area (Å²) in [7, 11) is 3.90. The van der Waals surface area contributed by atoms with Gasteiger partial charge in [0.2, 0.25) is 0 Å². The largest absolute Gasteiger partial charge is 0.377 e. The van der Waals surface area contributed by atoms with E-state index in [1.807, 2.05) is 55.4 Å². The van der Waals surface area contributed by atoms with Gasteiger partial charge < -0.3 is 4.90 Å². The molecule has 0 aromatic heterocycles. The Balaban J connectivity index is 2.16. The average molecular weight is 309 g/mol. The molecule has 1 fully saturated rings. The first-order valence-corrected chi connectivity index (χ1v) is 7.05. The molecule has 0 bridgehead atoms. The maximum atomic E-state index is 11.9. The first-order valence-electron chi connectivity index (χ1n) is 7.05. The van der Waals surface area contributed by atoms with E-state index in [0.29, 0.717) is 0 Å². The van der Waals surface area contributed by atoms with E-state index >= 15 is 0 Å². The SMILES string of the molecule is CN(C)c1ccc(C=C2C(=O)NC(=O)NC2=O)c2ccccc12. The Kier molecular flexibility index (Phi) is 3.57. The van der Waals surface area contributed by atoms with Crippen LogP contribution < -0.4 is 15.5 Å². The molecule has 2 N–H and O–H groups in total. The molecule has 4 amide bonds. The van der Waals surface area contributed by atoms with Crippen molar-refractivity contribution in [3.8, 4) is 0 Å². The molecular weight excluding hydrogens is 294 g/mol. The molecule has 116 valence electrons. The lowest BCUT2D eigenvalue weighted by atomic mass is 9.99. The van der Waals surface area contributed by atoms with E-state index in [1.54, 1.807) is 0 Å². The Labute approximate surface area is 132 Å². The lowest BCUT2D eigenvalue weighted by molar-refractivity contribution is -0.123. The standard InChI is InChI=1S/C17H15N3O3/c1-20(2)14-8-7-10(11-5-3-4-6-12(11)14)9-13-15(21)18-17(23)19-16(13)22/h3-9H,1-2H3,(H2,18,19,21,22,23). The van der Waals surface area contributed by atoms with E-state index in [1.165, 1.54) is 6.08 Å². The summed E-state index contributed by atoms with van der Waals surface area (Å²) in [6, 6.07) is 10.7. The van der Waals surface area contributed by atoms with Gasteiger partial charge in [0.05, 0.1) is 0 Å². The number of carbonyl (C=O) groups excluding carboxylic acids is 3. The zero-order chi connectivity index (χ0) is 16.6. The number of barbiturate groups is 1. The van der Waals surface area contributed by atoms with E-state index in [-0.39, 0.29) is 5.57 Å². The Morgan fingerprint density at radius 1 is 0.870 bits per heavy atom. The molecule has 1 heterocycles. The molecule has 3 rings (SSSR count). The van der Waals surface area contributed by atoms with Crippen LogP contribution in [0.1, 0.15) is 5.56 Å². The molecular formula is C17H15N3O3. The third kappa shape index (κ3) is 2.66. The van der Waals surface area contributed by atoms with Crippen LogP contribution in [0.5, 0.6) is 0 Å². The average Bonchev–Trinajstić information content (AvgIpc) is 2.50. The number of fused-ring (bicyclic) bond motifs is 1. The summed E-state index contributed by atoms with van der Waals surface area (Å²) in [5.74, 6) is -1.39. The van der Waals surface area contributed by atoms with Gasteiger partial charge in [0, 0.05) is 25.2 Å². The highest BCUT2D eigenvalue weighted by Gasteiger charge is 2.27. The number of nitrogens with zero attached hydrogens (tertiary/aromatic N) is 1. The minimum Gasteiger partial charge on any atom is -0.377 e. The van der Waals surface area contributed by atoms with Crippen LogP contribution in [0.4, 0.5) is 10.5 Å². The molecule has 0 aliphatic carbocycles. The lowest BCUT2D eigenvalue weighted by Crippen LogP contribution is -2.51. The third-order valence-electron chi connectivity index (χ3n) is 3.66. The van der Waals surface area contributed by atoms with Gasteiger partial charge in [0.15, 0.2) is 0 Å². The molecule has 1 aliphatic rings. The number of benzene rings is 2. The lowest BCUT2D eigenvalue weighted by Gasteiger charge is -2.18. The van der Waals surface area contributed by atoms with Crippen molar-refractivity contribution in [1.82, 2.24) is 10.6 Å². The van der Waals surface area contributed by atoms with E-state index < -0.39 is 17.8 Å². The summed E-state index contributed by atoms with van der Waals surface area (Å²) in [5, 5.41) is 6.08. The molecule has 0 radical (unpaired) electrons. The van der Waals surface area contributed by atoms with Gasteiger partial charge in [-0.05, 0) is 23.1 Å². The van der Waals surface area contributed by atoms with Crippen LogP contribution in [0.15, 0.2) is 42.0 Å². The predicted molar refractivity (Wildman–Crippen MR) is 87.9 cm³/mol. The summed E-state index contributed by atoms with van der Waals surface area (Å²) in [5.41, 5.74) is 1.68.